The third-order valence-electron chi connectivity index (χ3n) is 1.81. The van der Waals surface area contributed by atoms with Crippen LogP contribution in [0.1, 0.15) is 39.5 Å². The van der Waals surface area contributed by atoms with Gasteiger partial charge in [0.1, 0.15) is 0 Å². The third-order valence-corrected chi connectivity index (χ3v) is 3.18. The molecule has 0 aliphatic heterocycles. The summed E-state index contributed by atoms with van der Waals surface area (Å²) in [6, 6.07) is -0.0697. The molecule has 0 heterocycles. The first-order chi connectivity index (χ1) is 6.98. The van der Waals surface area contributed by atoms with Gasteiger partial charge < -0.3 is 5.73 Å². The van der Waals surface area contributed by atoms with Crippen molar-refractivity contribution in [1.29, 1.82) is 0 Å². The van der Waals surface area contributed by atoms with E-state index in [0.29, 0.717) is 13.1 Å². The molecule has 92 valence electrons. The van der Waals surface area contributed by atoms with E-state index in [-0.39, 0.29) is 6.04 Å². The largest absolute Gasteiger partial charge is 0.330 e. The van der Waals surface area contributed by atoms with Crippen molar-refractivity contribution in [3.63, 3.8) is 0 Å². The van der Waals surface area contributed by atoms with Gasteiger partial charge in [0.05, 0.1) is 0 Å². The van der Waals surface area contributed by atoms with E-state index in [1.54, 1.807) is 13.8 Å². The molecule has 0 rings (SSSR count). The van der Waals surface area contributed by atoms with E-state index >= 15 is 0 Å². The zero-order valence-electron chi connectivity index (χ0n) is 9.62. The monoisotopic (exact) mass is 237 g/mol. The van der Waals surface area contributed by atoms with E-state index in [0.717, 1.165) is 25.7 Å². The Labute approximate surface area is 93.0 Å². The van der Waals surface area contributed by atoms with Crippen LogP contribution in [-0.2, 0) is 10.2 Å². The zero-order valence-corrected chi connectivity index (χ0v) is 10.4. The Hall–Kier alpha value is -0.170. The van der Waals surface area contributed by atoms with Crippen LogP contribution in [0.15, 0.2) is 0 Å². The van der Waals surface area contributed by atoms with Crippen molar-refractivity contribution < 1.29 is 8.42 Å². The van der Waals surface area contributed by atoms with Crippen LogP contribution in [-0.4, -0.2) is 27.5 Å². The standard InChI is InChI=1S/C9H23N3O2S/c1-9(2)12-15(13,14)11-8-6-4-3-5-7-10/h9,11-12H,3-8,10H2,1-2H3. The summed E-state index contributed by atoms with van der Waals surface area (Å²) >= 11 is 0. The van der Waals surface area contributed by atoms with Crippen LogP contribution in [0.5, 0.6) is 0 Å². The second-order valence-electron chi connectivity index (χ2n) is 3.87. The Kier molecular flexibility index (Phi) is 7.95. The summed E-state index contributed by atoms with van der Waals surface area (Å²) in [5.74, 6) is 0. The van der Waals surface area contributed by atoms with Crippen molar-refractivity contribution in [1.82, 2.24) is 9.44 Å². The van der Waals surface area contributed by atoms with Crippen molar-refractivity contribution in [2.75, 3.05) is 13.1 Å². The summed E-state index contributed by atoms with van der Waals surface area (Å²) in [5, 5.41) is 0. The first-order valence-corrected chi connectivity index (χ1v) is 6.93. The Balaban J connectivity index is 3.50. The van der Waals surface area contributed by atoms with Gasteiger partial charge in [0.15, 0.2) is 0 Å². The first kappa shape index (κ1) is 14.8. The average molecular weight is 237 g/mol. The molecule has 0 aromatic carbocycles. The SMILES string of the molecule is CC(C)NS(=O)(=O)NCCCCCCN. The maximum Gasteiger partial charge on any atom is 0.277 e. The lowest BCUT2D eigenvalue weighted by Crippen LogP contribution is -2.40. The molecule has 0 aliphatic rings. The molecule has 0 aliphatic carbocycles. The predicted octanol–water partition coefficient (Wildman–Crippen LogP) is 0.338. The van der Waals surface area contributed by atoms with Crippen LogP contribution in [0.4, 0.5) is 0 Å². The molecular formula is C9H23N3O2S. The Bertz CT molecular complexity index is 240. The topological polar surface area (TPSA) is 84.2 Å². The maximum atomic E-state index is 11.3. The Morgan fingerprint density at radius 2 is 1.73 bits per heavy atom. The Morgan fingerprint density at radius 3 is 2.27 bits per heavy atom. The lowest BCUT2D eigenvalue weighted by molar-refractivity contribution is 0.548. The van der Waals surface area contributed by atoms with Crippen LogP contribution in [0.2, 0.25) is 0 Å². The van der Waals surface area contributed by atoms with Crippen LogP contribution in [0, 0.1) is 0 Å². The van der Waals surface area contributed by atoms with Gasteiger partial charge in [-0.25, -0.2) is 4.72 Å². The number of rotatable bonds is 9. The molecule has 15 heavy (non-hydrogen) atoms. The highest BCUT2D eigenvalue weighted by molar-refractivity contribution is 7.87. The molecule has 0 spiro atoms. The van der Waals surface area contributed by atoms with E-state index in [1.165, 1.54) is 0 Å². The molecule has 0 atom stereocenters. The fourth-order valence-electron chi connectivity index (χ4n) is 1.18. The molecule has 4 N–H and O–H groups in total. The summed E-state index contributed by atoms with van der Waals surface area (Å²) in [6.45, 7) is 4.79. The minimum atomic E-state index is -3.30. The van der Waals surface area contributed by atoms with Crippen molar-refractivity contribution in [3.8, 4) is 0 Å². The van der Waals surface area contributed by atoms with E-state index in [1.807, 2.05) is 0 Å². The smallest absolute Gasteiger partial charge is 0.277 e. The summed E-state index contributed by atoms with van der Waals surface area (Å²) < 4.78 is 27.5. The summed E-state index contributed by atoms with van der Waals surface area (Å²) in [6.07, 6.45) is 3.95. The zero-order chi connectivity index (χ0) is 11.7. The third kappa shape index (κ3) is 10.1. The van der Waals surface area contributed by atoms with E-state index in [9.17, 15) is 8.42 Å². The Morgan fingerprint density at radius 1 is 1.13 bits per heavy atom. The highest BCUT2D eigenvalue weighted by atomic mass is 32.2. The van der Waals surface area contributed by atoms with E-state index in [2.05, 4.69) is 9.44 Å². The molecule has 0 aromatic heterocycles. The maximum absolute atomic E-state index is 11.3. The quantitative estimate of drug-likeness (QED) is 0.506. The van der Waals surface area contributed by atoms with Crippen molar-refractivity contribution in [2.45, 2.75) is 45.6 Å². The van der Waals surface area contributed by atoms with Crippen molar-refractivity contribution >= 4 is 10.2 Å². The molecule has 0 aromatic rings. The van der Waals surface area contributed by atoms with Gasteiger partial charge in [-0.1, -0.05) is 12.8 Å². The van der Waals surface area contributed by atoms with Gasteiger partial charge in [-0.3, -0.25) is 0 Å². The highest BCUT2D eigenvalue weighted by Gasteiger charge is 2.09. The second kappa shape index (κ2) is 8.04. The molecule has 0 saturated carbocycles. The summed E-state index contributed by atoms with van der Waals surface area (Å²) in [4.78, 5) is 0. The van der Waals surface area contributed by atoms with E-state index in [4.69, 9.17) is 5.73 Å². The van der Waals surface area contributed by atoms with Gasteiger partial charge >= 0.3 is 0 Å². The number of hydrogen-bond acceptors (Lipinski definition) is 3. The van der Waals surface area contributed by atoms with Gasteiger partial charge in [-0.15, -0.1) is 0 Å². The van der Waals surface area contributed by atoms with Crippen LogP contribution >= 0.6 is 0 Å². The molecule has 0 unspecified atom stereocenters. The molecule has 6 heteroatoms. The number of unbranched alkanes of at least 4 members (excludes halogenated alkanes) is 3. The number of nitrogens with one attached hydrogen (secondary N) is 2. The molecule has 0 bridgehead atoms. The molecule has 0 fully saturated rings. The van der Waals surface area contributed by atoms with Gasteiger partial charge in [0.25, 0.3) is 10.2 Å². The molecule has 0 saturated heterocycles. The van der Waals surface area contributed by atoms with Crippen LogP contribution in [0.3, 0.4) is 0 Å². The predicted molar refractivity (Wildman–Crippen MR) is 62.7 cm³/mol. The fourth-order valence-corrected chi connectivity index (χ4v) is 2.30. The second-order valence-corrected chi connectivity index (χ2v) is 5.40. The van der Waals surface area contributed by atoms with Gasteiger partial charge in [-0.05, 0) is 33.2 Å². The van der Waals surface area contributed by atoms with Gasteiger partial charge in [-0.2, -0.15) is 13.1 Å². The van der Waals surface area contributed by atoms with Crippen LogP contribution in [0.25, 0.3) is 0 Å². The fraction of sp³-hybridized carbons (Fsp3) is 1.00. The molecule has 5 nitrogen and oxygen atoms in total. The minimum Gasteiger partial charge on any atom is -0.330 e. The average Bonchev–Trinajstić information content (AvgIpc) is 2.08. The number of hydrogen-bond donors (Lipinski definition) is 3. The lowest BCUT2D eigenvalue weighted by atomic mass is 10.2. The first-order valence-electron chi connectivity index (χ1n) is 5.45. The van der Waals surface area contributed by atoms with Crippen molar-refractivity contribution in [3.05, 3.63) is 0 Å². The van der Waals surface area contributed by atoms with E-state index < -0.39 is 10.2 Å². The van der Waals surface area contributed by atoms with Crippen molar-refractivity contribution in [2.24, 2.45) is 5.73 Å². The normalized spacial score (nSPS) is 12.3. The van der Waals surface area contributed by atoms with Gasteiger partial charge in [0, 0.05) is 12.6 Å². The molecule has 0 amide bonds. The highest BCUT2D eigenvalue weighted by Crippen LogP contribution is 1.97. The number of nitrogens with two attached hydrogens (primary N) is 1. The summed E-state index contributed by atoms with van der Waals surface area (Å²) in [5.41, 5.74) is 5.35. The molecular weight excluding hydrogens is 214 g/mol. The molecule has 0 radical (unpaired) electrons. The van der Waals surface area contributed by atoms with Gasteiger partial charge in [0.2, 0.25) is 0 Å². The van der Waals surface area contributed by atoms with Crippen LogP contribution < -0.4 is 15.2 Å². The summed E-state index contributed by atoms with van der Waals surface area (Å²) in [7, 11) is -3.30. The minimum absolute atomic E-state index is 0.0697. The lowest BCUT2D eigenvalue weighted by Gasteiger charge is -2.10.